The number of rotatable bonds is 4. The molecule has 19 rings (SSSR count). The molecular formula is C77H54B4N4. The van der Waals surface area contributed by atoms with Crippen molar-refractivity contribution in [2.24, 2.45) is 0 Å². The first-order valence-corrected chi connectivity index (χ1v) is 30.3. The molecule has 0 saturated heterocycles. The molecule has 8 heteroatoms. The van der Waals surface area contributed by atoms with Crippen LogP contribution in [0.15, 0.2) is 237 Å². The minimum absolute atomic E-state index is 0.0145. The second kappa shape index (κ2) is 17.1. The van der Waals surface area contributed by atoms with Gasteiger partial charge in [0.1, 0.15) is 0 Å². The van der Waals surface area contributed by atoms with Crippen LogP contribution >= 0.6 is 0 Å². The Balaban J connectivity index is 1.01. The topological polar surface area (TPSA) is 13.0 Å². The van der Waals surface area contributed by atoms with Gasteiger partial charge in [-0.25, -0.2) is 0 Å². The molecule has 4 nitrogen and oxygen atoms in total. The molecule has 0 spiro atoms. The standard InChI is InChI=1S/C77H54B4N4/c1-45-29-35-65-59(39-45)79-56-26-16-18-28-64(56)84-70-44-69-61(78(71-48(4)37-47(3)38-49(71)5)55-25-15-17-27-63(55)82(69)54-23-13-8-14-24-54)43-62(70)81-58-34-32-53(51-21-11-7-12-22-51)42-68(58)85-67-41-52(50-19-9-6-10-20-50)31-33-57(67)80-60-40-46(2)30-36-66(60)83(65)75-72(79)76(84)74(81)77(85)73(75)80/h6-44H,1-5H3. The summed E-state index contributed by atoms with van der Waals surface area (Å²) >= 11 is 0. The van der Waals surface area contributed by atoms with Gasteiger partial charge in [0.2, 0.25) is 6.71 Å². The van der Waals surface area contributed by atoms with E-state index in [0.29, 0.717) is 0 Å². The van der Waals surface area contributed by atoms with Gasteiger partial charge < -0.3 is 19.6 Å². The summed E-state index contributed by atoms with van der Waals surface area (Å²) in [4.78, 5) is 10.8. The monoisotopic (exact) mass is 1080 g/mol. The molecule has 0 aliphatic carbocycles. The lowest BCUT2D eigenvalue weighted by Gasteiger charge is -2.56. The SMILES string of the molecule is Cc1cc(C)c(B2c3ccccc3N(c3ccccc3)c3cc4c(cc32)B2c3ccc(-c5ccccc5)cc3N3c5cc(-c6ccccc6)ccc5B5c6cc(C)ccc6N6c7ccc(C)cc7B7c8ccccc8N4c4c7c6c5c3c42)c(C)c1. The number of benzene rings is 12. The highest BCUT2D eigenvalue weighted by atomic mass is 15.2. The van der Waals surface area contributed by atoms with E-state index in [-0.39, 0.29) is 26.9 Å². The maximum atomic E-state index is 2.76. The number of nitrogens with zero attached hydrogens (tertiary/aromatic N) is 4. The van der Waals surface area contributed by atoms with Crippen molar-refractivity contribution in [2.45, 2.75) is 34.6 Å². The van der Waals surface area contributed by atoms with Gasteiger partial charge in [-0.1, -0.05) is 215 Å². The Kier molecular flexibility index (Phi) is 9.58. The molecule has 394 valence electrons. The van der Waals surface area contributed by atoms with Crippen molar-refractivity contribution in [3.63, 3.8) is 0 Å². The highest BCUT2D eigenvalue weighted by molar-refractivity contribution is 7.09. The number of fused-ring (bicyclic) bond motifs is 20. The minimum atomic E-state index is -0.126. The fourth-order valence-electron chi connectivity index (χ4n) is 17.1. The zero-order chi connectivity index (χ0) is 56.2. The van der Waals surface area contributed by atoms with Crippen molar-refractivity contribution in [1.29, 1.82) is 0 Å². The largest absolute Gasteiger partial charge is 0.312 e. The number of aryl methyl sites for hydroxylation is 5. The molecule has 0 radical (unpaired) electrons. The van der Waals surface area contributed by atoms with Crippen molar-refractivity contribution in [3.8, 4) is 22.3 Å². The van der Waals surface area contributed by atoms with E-state index in [1.54, 1.807) is 0 Å². The summed E-state index contributed by atoms with van der Waals surface area (Å²) in [7, 11) is 0. The van der Waals surface area contributed by atoms with Crippen molar-refractivity contribution in [1.82, 2.24) is 0 Å². The van der Waals surface area contributed by atoms with Crippen molar-refractivity contribution in [3.05, 3.63) is 264 Å². The van der Waals surface area contributed by atoms with Gasteiger partial charge in [0.15, 0.2) is 0 Å². The van der Waals surface area contributed by atoms with Gasteiger partial charge in [-0.2, -0.15) is 0 Å². The van der Waals surface area contributed by atoms with Crippen LogP contribution in [0.1, 0.15) is 27.8 Å². The van der Waals surface area contributed by atoms with Gasteiger partial charge in [-0.3, -0.25) is 0 Å². The van der Waals surface area contributed by atoms with Crippen molar-refractivity contribution < 1.29 is 0 Å². The van der Waals surface area contributed by atoms with Crippen molar-refractivity contribution in [2.75, 3.05) is 19.6 Å². The Hall–Kier alpha value is -9.90. The molecule has 85 heavy (non-hydrogen) atoms. The fourth-order valence-corrected chi connectivity index (χ4v) is 17.1. The molecular weight excluding hydrogens is 1020 g/mol. The average molecular weight is 1080 g/mol. The quantitative estimate of drug-likeness (QED) is 0.163. The number of hydrogen-bond donors (Lipinski definition) is 0. The summed E-state index contributed by atoms with van der Waals surface area (Å²) in [6.07, 6.45) is 0. The van der Waals surface area contributed by atoms with Crippen LogP contribution in [0.25, 0.3) is 22.3 Å². The zero-order valence-electron chi connectivity index (χ0n) is 48.1. The van der Waals surface area contributed by atoms with E-state index < -0.39 is 0 Å². The summed E-state index contributed by atoms with van der Waals surface area (Å²) in [5, 5.41) is 0. The van der Waals surface area contributed by atoms with Gasteiger partial charge >= 0.3 is 0 Å². The Morgan fingerprint density at radius 3 is 1.09 bits per heavy atom. The molecule has 12 aromatic rings. The minimum Gasteiger partial charge on any atom is -0.312 e. The molecule has 0 saturated carbocycles. The Labute approximate surface area is 498 Å². The highest BCUT2D eigenvalue weighted by Gasteiger charge is 2.58. The van der Waals surface area contributed by atoms with E-state index in [9.17, 15) is 0 Å². The summed E-state index contributed by atoms with van der Waals surface area (Å²) in [6.45, 7) is 11.3. The molecule has 0 unspecified atom stereocenters. The molecule has 7 heterocycles. The third kappa shape index (κ3) is 6.26. The second-order valence-corrected chi connectivity index (χ2v) is 25.0. The summed E-state index contributed by atoms with van der Waals surface area (Å²) in [6, 6.07) is 91.5. The summed E-state index contributed by atoms with van der Waals surface area (Å²) in [5.74, 6) is 0. The van der Waals surface area contributed by atoms with E-state index >= 15 is 0 Å². The van der Waals surface area contributed by atoms with E-state index in [4.69, 9.17) is 0 Å². The van der Waals surface area contributed by atoms with Crippen LogP contribution in [-0.2, 0) is 0 Å². The lowest BCUT2D eigenvalue weighted by Crippen LogP contribution is -2.75. The van der Waals surface area contributed by atoms with E-state index in [2.05, 4.69) is 291 Å². The maximum absolute atomic E-state index is 2.76. The molecule has 7 aliphatic heterocycles. The molecule has 0 bridgehead atoms. The first-order chi connectivity index (χ1) is 41.8. The average Bonchev–Trinajstić information content (AvgIpc) is 0.655. The first kappa shape index (κ1) is 47.6. The Morgan fingerprint density at radius 2 is 0.588 bits per heavy atom. The van der Waals surface area contributed by atoms with E-state index in [1.165, 1.54) is 178 Å². The van der Waals surface area contributed by atoms with Crippen LogP contribution in [0.4, 0.5) is 68.2 Å². The fraction of sp³-hybridized carbons (Fsp3) is 0.0649. The van der Waals surface area contributed by atoms with E-state index in [0.717, 1.165) is 5.69 Å². The molecule has 0 atom stereocenters. The predicted octanol–water partition coefficient (Wildman–Crippen LogP) is 10.7. The zero-order valence-corrected chi connectivity index (χ0v) is 48.1. The van der Waals surface area contributed by atoms with Crippen LogP contribution in [0.3, 0.4) is 0 Å². The molecule has 7 aliphatic rings. The van der Waals surface area contributed by atoms with Crippen LogP contribution in [0, 0.1) is 34.6 Å². The maximum Gasteiger partial charge on any atom is 0.252 e. The molecule has 0 fully saturated rings. The smallest absolute Gasteiger partial charge is 0.252 e. The normalized spacial score (nSPS) is 14.2. The van der Waals surface area contributed by atoms with Crippen molar-refractivity contribution >= 4 is 161 Å². The lowest BCUT2D eigenvalue weighted by atomic mass is 9.24. The third-order valence-electron chi connectivity index (χ3n) is 20.2. The number of anilines is 12. The first-order valence-electron chi connectivity index (χ1n) is 30.3. The molecule has 0 amide bonds. The summed E-state index contributed by atoms with van der Waals surface area (Å²) in [5.41, 5.74) is 42.8. The molecule has 0 aromatic heterocycles. The highest BCUT2D eigenvalue weighted by Crippen LogP contribution is 2.53. The van der Waals surface area contributed by atoms with Crippen LogP contribution < -0.4 is 85.2 Å². The summed E-state index contributed by atoms with van der Waals surface area (Å²) < 4.78 is 0. The third-order valence-corrected chi connectivity index (χ3v) is 20.2. The molecule has 0 N–H and O–H groups in total. The van der Waals surface area contributed by atoms with E-state index in [1.807, 2.05) is 0 Å². The second-order valence-electron chi connectivity index (χ2n) is 25.0. The van der Waals surface area contributed by atoms with Gasteiger partial charge in [0, 0.05) is 68.2 Å². The van der Waals surface area contributed by atoms with Crippen LogP contribution in [0.5, 0.6) is 0 Å². The van der Waals surface area contributed by atoms with Gasteiger partial charge in [-0.05, 0) is 172 Å². The lowest BCUT2D eigenvalue weighted by molar-refractivity contribution is 1.22. The number of para-hydroxylation sites is 3. The van der Waals surface area contributed by atoms with Crippen LogP contribution in [-0.4, -0.2) is 26.9 Å². The molecule has 12 aromatic carbocycles. The Bertz CT molecular complexity index is 4940. The van der Waals surface area contributed by atoms with Crippen LogP contribution in [0.2, 0.25) is 0 Å². The predicted molar refractivity (Wildman–Crippen MR) is 365 cm³/mol. The van der Waals surface area contributed by atoms with Gasteiger partial charge in [-0.15, -0.1) is 0 Å². The Morgan fingerprint density at radius 1 is 0.224 bits per heavy atom. The van der Waals surface area contributed by atoms with Gasteiger partial charge in [0.05, 0.1) is 0 Å². The van der Waals surface area contributed by atoms with Gasteiger partial charge in [0.25, 0.3) is 20.1 Å². The number of hydrogen-bond acceptors (Lipinski definition) is 4.